The van der Waals surface area contributed by atoms with Crippen molar-refractivity contribution in [1.29, 1.82) is 0 Å². The molecular weight excluding hydrogens is 478 g/mol. The molecule has 1 aromatic heterocycles. The number of nitrogens with two attached hydrogens (primary N) is 1. The summed E-state index contributed by atoms with van der Waals surface area (Å²) in [6.07, 6.45) is 4.74. The number of piperidine rings is 1. The van der Waals surface area contributed by atoms with E-state index in [1.807, 2.05) is 41.4 Å². The molecule has 3 amide bonds. The number of H-pyrrole nitrogens is 1. The van der Waals surface area contributed by atoms with Gasteiger partial charge in [-0.25, -0.2) is 0 Å². The highest BCUT2D eigenvalue weighted by atomic mass is 16.2. The number of carbonyl (C=O) groups is 3. The Morgan fingerprint density at radius 1 is 1.11 bits per heavy atom. The van der Waals surface area contributed by atoms with Gasteiger partial charge in [-0.05, 0) is 55.9 Å². The summed E-state index contributed by atoms with van der Waals surface area (Å²) in [7, 11) is 0. The first kappa shape index (κ1) is 26.0. The van der Waals surface area contributed by atoms with E-state index in [0.29, 0.717) is 19.5 Å². The van der Waals surface area contributed by atoms with E-state index in [1.54, 1.807) is 20.8 Å². The van der Waals surface area contributed by atoms with Crippen LogP contribution in [0.1, 0.15) is 62.8 Å². The van der Waals surface area contributed by atoms with E-state index in [4.69, 9.17) is 5.73 Å². The van der Waals surface area contributed by atoms with E-state index in [2.05, 4.69) is 33.8 Å². The predicted octanol–water partition coefficient (Wildman–Crippen LogP) is 3.07. The molecule has 2 aromatic carbocycles. The quantitative estimate of drug-likeness (QED) is 0.403. The van der Waals surface area contributed by atoms with Crippen LogP contribution in [-0.4, -0.2) is 52.3 Å². The SMILES string of the molecule is CC(=O)NC1CC2(CCN(C(=O)[C@@H](Cc3c[nH]c4ccccc34)NC(=O)C(C)(C)N)CC2)c2ccccc21. The molecule has 0 radical (unpaired) electrons. The van der Waals surface area contributed by atoms with Gasteiger partial charge in [-0.1, -0.05) is 42.5 Å². The van der Waals surface area contributed by atoms with Crippen molar-refractivity contribution in [2.45, 2.75) is 69.5 Å². The summed E-state index contributed by atoms with van der Waals surface area (Å²) in [5.74, 6) is -0.479. The molecule has 2 heterocycles. The van der Waals surface area contributed by atoms with Crippen molar-refractivity contribution in [1.82, 2.24) is 20.5 Å². The normalized spacial score (nSPS) is 19.3. The maximum Gasteiger partial charge on any atom is 0.245 e. The summed E-state index contributed by atoms with van der Waals surface area (Å²) in [6, 6.07) is 15.5. The van der Waals surface area contributed by atoms with Gasteiger partial charge < -0.3 is 26.3 Å². The van der Waals surface area contributed by atoms with Crippen LogP contribution in [0, 0.1) is 0 Å². The van der Waals surface area contributed by atoms with Crippen LogP contribution in [0.15, 0.2) is 54.7 Å². The van der Waals surface area contributed by atoms with Gasteiger partial charge in [0.15, 0.2) is 0 Å². The maximum atomic E-state index is 13.9. The Balaban J connectivity index is 1.35. The molecule has 0 saturated carbocycles. The number of benzene rings is 2. The largest absolute Gasteiger partial charge is 0.361 e. The lowest BCUT2D eigenvalue weighted by Crippen LogP contribution is -2.58. The van der Waals surface area contributed by atoms with Gasteiger partial charge in [0, 0.05) is 48.9 Å². The maximum absolute atomic E-state index is 13.9. The van der Waals surface area contributed by atoms with Crippen molar-refractivity contribution < 1.29 is 14.4 Å². The van der Waals surface area contributed by atoms with Crippen molar-refractivity contribution in [2.24, 2.45) is 5.73 Å². The summed E-state index contributed by atoms with van der Waals surface area (Å²) in [4.78, 5) is 43.8. The van der Waals surface area contributed by atoms with E-state index in [9.17, 15) is 14.4 Å². The Hall–Kier alpha value is -3.65. The van der Waals surface area contributed by atoms with Crippen LogP contribution < -0.4 is 16.4 Å². The molecule has 200 valence electrons. The molecule has 8 heteroatoms. The second kappa shape index (κ2) is 9.91. The molecule has 1 aliphatic heterocycles. The predicted molar refractivity (Wildman–Crippen MR) is 147 cm³/mol. The number of para-hydroxylation sites is 1. The van der Waals surface area contributed by atoms with Gasteiger partial charge in [0.2, 0.25) is 17.7 Å². The number of nitrogens with zero attached hydrogens (tertiary/aromatic N) is 1. The summed E-state index contributed by atoms with van der Waals surface area (Å²) < 4.78 is 0. The Morgan fingerprint density at radius 3 is 2.50 bits per heavy atom. The van der Waals surface area contributed by atoms with Crippen molar-refractivity contribution >= 4 is 28.6 Å². The van der Waals surface area contributed by atoms with Gasteiger partial charge in [0.25, 0.3) is 0 Å². The zero-order valence-electron chi connectivity index (χ0n) is 22.3. The fraction of sp³-hybridized carbons (Fsp3) is 0.433. The minimum absolute atomic E-state index is 0.00774. The second-order valence-electron chi connectivity index (χ2n) is 11.5. The van der Waals surface area contributed by atoms with Crippen LogP contribution in [0.2, 0.25) is 0 Å². The summed E-state index contributed by atoms with van der Waals surface area (Å²) in [5.41, 5.74) is 9.32. The third-order valence-corrected chi connectivity index (χ3v) is 8.20. The average Bonchev–Trinajstić information content (AvgIpc) is 3.42. The first-order valence-corrected chi connectivity index (χ1v) is 13.4. The lowest BCUT2D eigenvalue weighted by molar-refractivity contribution is -0.138. The number of nitrogens with one attached hydrogen (secondary N) is 3. The minimum Gasteiger partial charge on any atom is -0.361 e. The van der Waals surface area contributed by atoms with Gasteiger partial charge in [-0.2, -0.15) is 0 Å². The Kier molecular flexibility index (Phi) is 6.77. The Labute approximate surface area is 223 Å². The third-order valence-electron chi connectivity index (χ3n) is 8.20. The highest BCUT2D eigenvalue weighted by Gasteiger charge is 2.46. The van der Waals surface area contributed by atoms with Crippen LogP contribution in [0.4, 0.5) is 0 Å². The lowest BCUT2D eigenvalue weighted by atomic mass is 9.73. The number of rotatable bonds is 6. The second-order valence-corrected chi connectivity index (χ2v) is 11.5. The molecule has 0 bridgehead atoms. The van der Waals surface area contributed by atoms with Gasteiger partial charge in [0.05, 0.1) is 11.6 Å². The number of fused-ring (bicyclic) bond motifs is 3. The first-order valence-electron chi connectivity index (χ1n) is 13.4. The lowest BCUT2D eigenvalue weighted by Gasteiger charge is -2.41. The number of amides is 3. The minimum atomic E-state index is -1.10. The monoisotopic (exact) mass is 515 g/mol. The molecule has 3 aromatic rings. The third kappa shape index (κ3) is 4.92. The number of hydrogen-bond donors (Lipinski definition) is 4. The van der Waals surface area contributed by atoms with Gasteiger partial charge in [-0.15, -0.1) is 0 Å². The van der Waals surface area contributed by atoms with Crippen LogP contribution in [0.5, 0.6) is 0 Å². The molecule has 5 N–H and O–H groups in total. The van der Waals surface area contributed by atoms with E-state index in [-0.39, 0.29) is 29.2 Å². The van der Waals surface area contributed by atoms with Crippen molar-refractivity contribution in [3.8, 4) is 0 Å². The zero-order chi connectivity index (χ0) is 27.1. The number of hydrogen-bond acceptors (Lipinski definition) is 4. The number of likely N-dealkylation sites (tertiary alicyclic amines) is 1. The van der Waals surface area contributed by atoms with E-state index >= 15 is 0 Å². The average molecular weight is 516 g/mol. The standard InChI is InChI=1S/C30H37N5O3/c1-19(36)33-26-17-30(23-10-6-4-9-22(23)26)12-14-35(15-13-30)27(37)25(34-28(38)29(2,3)31)16-20-18-32-24-11-7-5-8-21(20)24/h4-11,18,25-26,32H,12-17,31H2,1-3H3,(H,33,36)(H,34,38)/t25-,26?/m1/s1. The van der Waals surface area contributed by atoms with Crippen molar-refractivity contribution in [3.05, 3.63) is 71.4 Å². The summed E-state index contributed by atoms with van der Waals surface area (Å²) in [5, 5.41) is 7.10. The molecule has 8 nitrogen and oxygen atoms in total. The molecule has 5 rings (SSSR count). The molecule has 38 heavy (non-hydrogen) atoms. The molecule has 2 atom stereocenters. The summed E-state index contributed by atoms with van der Waals surface area (Å²) >= 11 is 0. The van der Waals surface area contributed by atoms with Crippen LogP contribution in [0.3, 0.4) is 0 Å². The van der Waals surface area contributed by atoms with Crippen LogP contribution >= 0.6 is 0 Å². The number of carbonyl (C=O) groups excluding carboxylic acids is 3. The van der Waals surface area contributed by atoms with Crippen LogP contribution in [0.25, 0.3) is 10.9 Å². The van der Waals surface area contributed by atoms with Crippen LogP contribution in [-0.2, 0) is 26.2 Å². The topological polar surface area (TPSA) is 120 Å². The molecule has 1 saturated heterocycles. The van der Waals surface area contributed by atoms with Gasteiger partial charge in [-0.3, -0.25) is 14.4 Å². The molecule has 2 aliphatic rings. The van der Waals surface area contributed by atoms with E-state index in [0.717, 1.165) is 35.7 Å². The highest BCUT2D eigenvalue weighted by Crippen LogP contribution is 2.50. The molecule has 1 unspecified atom stereocenters. The van der Waals surface area contributed by atoms with Gasteiger partial charge in [0.1, 0.15) is 6.04 Å². The van der Waals surface area contributed by atoms with Crippen molar-refractivity contribution in [2.75, 3.05) is 13.1 Å². The molecule has 1 aliphatic carbocycles. The highest BCUT2D eigenvalue weighted by molar-refractivity contribution is 5.92. The number of aromatic amines is 1. The first-order chi connectivity index (χ1) is 18.1. The Bertz CT molecular complexity index is 1360. The number of aromatic nitrogens is 1. The fourth-order valence-corrected chi connectivity index (χ4v) is 6.18. The molecule has 1 fully saturated rings. The summed E-state index contributed by atoms with van der Waals surface area (Å²) in [6.45, 7) is 6.02. The Morgan fingerprint density at radius 2 is 1.79 bits per heavy atom. The zero-order valence-corrected chi connectivity index (χ0v) is 22.3. The van der Waals surface area contributed by atoms with E-state index < -0.39 is 11.6 Å². The molecular formula is C30H37N5O3. The van der Waals surface area contributed by atoms with Gasteiger partial charge >= 0.3 is 0 Å². The smallest absolute Gasteiger partial charge is 0.245 e. The molecule has 1 spiro atoms. The van der Waals surface area contributed by atoms with E-state index in [1.165, 1.54) is 11.1 Å². The fourth-order valence-electron chi connectivity index (χ4n) is 6.18. The van der Waals surface area contributed by atoms with Crippen molar-refractivity contribution in [3.63, 3.8) is 0 Å².